The third kappa shape index (κ3) is 3.80. The van der Waals surface area contributed by atoms with E-state index in [0.29, 0.717) is 40.6 Å². The second-order valence-electron chi connectivity index (χ2n) is 12.6. The Balaban J connectivity index is 2.00. The second kappa shape index (κ2) is 9.54. The molecule has 6 atom stereocenters. The standard InChI is InChI=1S/C31H44O5/c1-17(2)14-23(24-28(35-8)20(15-32)27(34-7)21(16-33)29(24)36-9)31(6)13-12-19-18(3)10-11-22-26(25(19)31)30(22,4)5/h15-17,19,22-23,25-26H,3,10-14H2,1-2,4-9H3/t19-,22+,23-,25+,26+,31+/m0/s1. The highest BCUT2D eigenvalue weighted by Crippen LogP contribution is 2.75. The van der Waals surface area contributed by atoms with E-state index in [1.54, 1.807) is 14.2 Å². The fourth-order valence-electron chi connectivity index (χ4n) is 8.50. The van der Waals surface area contributed by atoms with Crippen LogP contribution in [0.1, 0.15) is 98.9 Å². The number of aldehydes is 2. The third-order valence-electron chi connectivity index (χ3n) is 10.2. The number of methoxy groups -OCH3 is 3. The number of ether oxygens (including phenoxy) is 3. The van der Waals surface area contributed by atoms with Crippen molar-refractivity contribution in [2.45, 2.75) is 72.6 Å². The highest BCUT2D eigenvalue weighted by molar-refractivity contribution is 5.95. The van der Waals surface area contributed by atoms with Gasteiger partial charge in [0, 0.05) is 5.56 Å². The van der Waals surface area contributed by atoms with E-state index in [4.69, 9.17) is 14.2 Å². The van der Waals surface area contributed by atoms with Gasteiger partial charge in [-0.15, -0.1) is 0 Å². The minimum atomic E-state index is -0.0612. The van der Waals surface area contributed by atoms with E-state index in [-0.39, 0.29) is 28.2 Å². The number of carbonyl (C=O) groups is 2. The molecule has 0 aromatic heterocycles. The molecular weight excluding hydrogens is 452 g/mol. The fourth-order valence-corrected chi connectivity index (χ4v) is 8.50. The summed E-state index contributed by atoms with van der Waals surface area (Å²) in [6.07, 6.45) is 6.95. The molecular formula is C31H44O5. The fraction of sp³-hybridized carbons (Fsp3) is 0.677. The van der Waals surface area contributed by atoms with E-state index in [9.17, 15) is 9.59 Å². The largest absolute Gasteiger partial charge is 0.495 e. The Morgan fingerprint density at radius 1 is 0.917 bits per heavy atom. The summed E-state index contributed by atoms with van der Waals surface area (Å²) >= 11 is 0. The number of hydrogen-bond acceptors (Lipinski definition) is 5. The predicted molar refractivity (Wildman–Crippen MR) is 143 cm³/mol. The molecule has 5 heteroatoms. The van der Waals surface area contributed by atoms with Crippen LogP contribution in [0, 0.1) is 40.4 Å². The lowest BCUT2D eigenvalue weighted by Crippen LogP contribution is -2.36. The zero-order valence-electron chi connectivity index (χ0n) is 23.4. The van der Waals surface area contributed by atoms with Crippen molar-refractivity contribution in [2.24, 2.45) is 40.4 Å². The van der Waals surface area contributed by atoms with Gasteiger partial charge in [-0.05, 0) is 78.4 Å². The van der Waals surface area contributed by atoms with Gasteiger partial charge in [0.2, 0.25) is 0 Å². The Labute approximate surface area is 217 Å². The molecule has 0 saturated heterocycles. The summed E-state index contributed by atoms with van der Waals surface area (Å²) in [4.78, 5) is 24.7. The van der Waals surface area contributed by atoms with E-state index in [1.165, 1.54) is 19.1 Å². The number of hydrogen-bond donors (Lipinski definition) is 0. The maximum atomic E-state index is 12.4. The predicted octanol–water partition coefficient (Wildman–Crippen LogP) is 7.12. The summed E-state index contributed by atoms with van der Waals surface area (Å²) in [6, 6.07) is 0. The number of rotatable bonds is 9. The molecule has 0 amide bonds. The normalized spacial score (nSPS) is 31.2. The SMILES string of the molecule is C=C1CC[C@@H]2[C@H]([C@H]3[C@H]1CC[C@]3(C)[C@@H](CC(C)C)c1c(OC)c(C=O)c(OC)c(C=O)c1OC)C2(C)C. The van der Waals surface area contributed by atoms with Gasteiger partial charge < -0.3 is 14.2 Å². The van der Waals surface area contributed by atoms with Crippen LogP contribution in [0.5, 0.6) is 17.2 Å². The van der Waals surface area contributed by atoms with Crippen LogP contribution in [-0.2, 0) is 0 Å². The molecule has 4 rings (SSSR count). The van der Waals surface area contributed by atoms with Crippen LogP contribution >= 0.6 is 0 Å². The van der Waals surface area contributed by atoms with Gasteiger partial charge in [0.05, 0.1) is 32.5 Å². The number of benzene rings is 1. The molecule has 1 aromatic rings. The minimum Gasteiger partial charge on any atom is -0.495 e. The van der Waals surface area contributed by atoms with Crippen LogP contribution in [0.2, 0.25) is 0 Å². The van der Waals surface area contributed by atoms with Gasteiger partial charge in [-0.3, -0.25) is 9.59 Å². The molecule has 0 unspecified atom stereocenters. The molecule has 36 heavy (non-hydrogen) atoms. The number of fused-ring (bicyclic) bond motifs is 3. The van der Waals surface area contributed by atoms with Crippen LogP contribution < -0.4 is 14.2 Å². The Hall–Kier alpha value is -2.30. The summed E-state index contributed by atoms with van der Waals surface area (Å²) in [5.41, 5.74) is 3.07. The average Bonchev–Trinajstić information content (AvgIpc) is 3.27. The van der Waals surface area contributed by atoms with Crippen molar-refractivity contribution in [3.05, 3.63) is 28.8 Å². The van der Waals surface area contributed by atoms with Crippen LogP contribution in [0.3, 0.4) is 0 Å². The lowest BCUT2D eigenvalue weighted by molar-refractivity contribution is 0.106. The summed E-state index contributed by atoms with van der Waals surface area (Å²) in [5.74, 6) is 3.97. The summed E-state index contributed by atoms with van der Waals surface area (Å²) in [7, 11) is 4.64. The second-order valence-corrected chi connectivity index (χ2v) is 12.6. The van der Waals surface area contributed by atoms with Crippen LogP contribution in [0.15, 0.2) is 12.2 Å². The quantitative estimate of drug-likeness (QED) is 0.269. The highest BCUT2D eigenvalue weighted by Gasteiger charge is 2.68. The van der Waals surface area contributed by atoms with E-state index in [1.807, 2.05) is 0 Å². The number of carbonyl (C=O) groups excluding carboxylic acids is 2. The van der Waals surface area contributed by atoms with Crippen molar-refractivity contribution in [3.8, 4) is 17.2 Å². The maximum Gasteiger partial charge on any atom is 0.157 e. The number of allylic oxidation sites excluding steroid dienone is 1. The first-order chi connectivity index (χ1) is 17.0. The summed E-state index contributed by atoms with van der Waals surface area (Å²) < 4.78 is 17.5. The van der Waals surface area contributed by atoms with E-state index < -0.39 is 0 Å². The van der Waals surface area contributed by atoms with E-state index in [2.05, 4.69) is 41.2 Å². The van der Waals surface area contributed by atoms with E-state index in [0.717, 1.165) is 49.7 Å². The molecule has 0 N–H and O–H groups in total. The van der Waals surface area contributed by atoms with Crippen molar-refractivity contribution in [1.82, 2.24) is 0 Å². The molecule has 3 aliphatic rings. The third-order valence-corrected chi connectivity index (χ3v) is 10.2. The van der Waals surface area contributed by atoms with Gasteiger partial charge in [0.25, 0.3) is 0 Å². The molecule has 1 aromatic carbocycles. The van der Waals surface area contributed by atoms with Crippen molar-refractivity contribution in [3.63, 3.8) is 0 Å². The minimum absolute atomic E-state index is 0.0451. The van der Waals surface area contributed by atoms with Crippen LogP contribution in [-0.4, -0.2) is 33.9 Å². The van der Waals surface area contributed by atoms with Crippen LogP contribution in [0.25, 0.3) is 0 Å². The summed E-state index contributed by atoms with van der Waals surface area (Å²) in [6.45, 7) is 16.4. The van der Waals surface area contributed by atoms with Crippen molar-refractivity contribution in [1.29, 1.82) is 0 Å². The first-order valence-corrected chi connectivity index (χ1v) is 13.5. The Morgan fingerprint density at radius 2 is 1.47 bits per heavy atom. The smallest absolute Gasteiger partial charge is 0.157 e. The van der Waals surface area contributed by atoms with Crippen molar-refractivity contribution >= 4 is 12.6 Å². The van der Waals surface area contributed by atoms with Crippen LogP contribution in [0.4, 0.5) is 0 Å². The molecule has 0 spiro atoms. The average molecular weight is 497 g/mol. The molecule has 5 nitrogen and oxygen atoms in total. The first kappa shape index (κ1) is 26.8. The van der Waals surface area contributed by atoms with Gasteiger partial charge in [-0.25, -0.2) is 0 Å². The van der Waals surface area contributed by atoms with Gasteiger partial charge in [0.1, 0.15) is 17.2 Å². The van der Waals surface area contributed by atoms with Gasteiger partial charge in [-0.2, -0.15) is 0 Å². The maximum absolute atomic E-state index is 12.4. The molecule has 3 fully saturated rings. The molecule has 198 valence electrons. The first-order valence-electron chi connectivity index (χ1n) is 13.5. The molecule has 0 bridgehead atoms. The molecule has 0 heterocycles. The van der Waals surface area contributed by atoms with Gasteiger partial charge in [0.15, 0.2) is 12.6 Å². The molecule has 0 radical (unpaired) electrons. The van der Waals surface area contributed by atoms with Gasteiger partial charge in [-0.1, -0.05) is 46.8 Å². The lowest BCUT2D eigenvalue weighted by atomic mass is 9.60. The Bertz CT molecular complexity index is 1020. The molecule has 3 aliphatic carbocycles. The van der Waals surface area contributed by atoms with Crippen molar-refractivity contribution in [2.75, 3.05) is 21.3 Å². The lowest BCUT2D eigenvalue weighted by Gasteiger charge is -2.44. The monoisotopic (exact) mass is 496 g/mol. The molecule has 3 saturated carbocycles. The van der Waals surface area contributed by atoms with Crippen molar-refractivity contribution < 1.29 is 23.8 Å². The zero-order chi connectivity index (χ0) is 26.6. The zero-order valence-corrected chi connectivity index (χ0v) is 23.4. The van der Waals surface area contributed by atoms with E-state index >= 15 is 0 Å². The summed E-state index contributed by atoms with van der Waals surface area (Å²) in [5, 5.41) is 0. The topological polar surface area (TPSA) is 61.8 Å². The Morgan fingerprint density at radius 3 is 1.94 bits per heavy atom. The van der Waals surface area contributed by atoms with Gasteiger partial charge >= 0.3 is 0 Å². The Kier molecular flexibility index (Phi) is 7.09. The highest BCUT2D eigenvalue weighted by atomic mass is 16.5. The molecule has 0 aliphatic heterocycles.